The van der Waals surface area contributed by atoms with Gasteiger partial charge in [-0.25, -0.2) is 8.42 Å². The molecule has 1 unspecified atom stereocenters. The molecule has 0 aromatic heterocycles. The topological polar surface area (TPSA) is 65.1 Å². The van der Waals surface area contributed by atoms with E-state index in [2.05, 4.69) is 4.90 Å². The second-order valence-electron chi connectivity index (χ2n) is 5.31. The summed E-state index contributed by atoms with van der Waals surface area (Å²) < 4.78 is 40.0. The third-order valence-corrected chi connectivity index (χ3v) is 4.77. The van der Waals surface area contributed by atoms with Crippen molar-refractivity contribution < 1.29 is 22.6 Å². The minimum atomic E-state index is -3.23. The number of rotatable bonds is 3. The van der Waals surface area contributed by atoms with Crippen LogP contribution in [0.2, 0.25) is 0 Å². The number of benzene rings is 1. The van der Waals surface area contributed by atoms with Crippen LogP contribution < -0.4 is 4.74 Å². The van der Waals surface area contributed by atoms with Crippen LogP contribution in [0.25, 0.3) is 0 Å². The van der Waals surface area contributed by atoms with Crippen LogP contribution in [-0.4, -0.2) is 58.7 Å². The van der Waals surface area contributed by atoms with Gasteiger partial charge >= 0.3 is 0 Å². The number of sulfone groups is 1. The van der Waals surface area contributed by atoms with Gasteiger partial charge in [0.2, 0.25) is 6.29 Å². The van der Waals surface area contributed by atoms with Crippen molar-refractivity contribution in [3.05, 3.63) is 23.8 Å². The van der Waals surface area contributed by atoms with E-state index in [-0.39, 0.29) is 11.2 Å². The van der Waals surface area contributed by atoms with Gasteiger partial charge in [-0.3, -0.25) is 4.90 Å². The Bertz CT molecular complexity index is 610. The molecule has 1 saturated heterocycles. The molecule has 0 amide bonds. The highest BCUT2D eigenvalue weighted by atomic mass is 32.2. The maximum absolute atomic E-state index is 11.6. The van der Waals surface area contributed by atoms with E-state index in [1.807, 2.05) is 0 Å². The van der Waals surface area contributed by atoms with Gasteiger partial charge in [-0.05, 0) is 12.1 Å². The van der Waals surface area contributed by atoms with E-state index < -0.39 is 9.84 Å². The Morgan fingerprint density at radius 1 is 1.29 bits per heavy atom. The average Bonchev–Trinajstić information content (AvgIpc) is 2.46. The van der Waals surface area contributed by atoms with Crippen molar-refractivity contribution in [3.63, 3.8) is 0 Å². The molecule has 1 aromatic rings. The predicted octanol–water partition coefficient (Wildman–Crippen LogP) is 0.657. The lowest BCUT2D eigenvalue weighted by Crippen LogP contribution is -2.44. The van der Waals surface area contributed by atoms with Gasteiger partial charge in [0.25, 0.3) is 0 Å². The first-order valence-corrected chi connectivity index (χ1v) is 8.83. The van der Waals surface area contributed by atoms with E-state index in [4.69, 9.17) is 14.2 Å². The zero-order valence-electron chi connectivity index (χ0n) is 11.9. The molecule has 0 radical (unpaired) electrons. The molecule has 2 aliphatic heterocycles. The molecule has 1 atom stereocenters. The normalized spacial score (nSPS) is 23.4. The van der Waals surface area contributed by atoms with E-state index in [0.29, 0.717) is 18.9 Å². The number of morpholine rings is 1. The van der Waals surface area contributed by atoms with Gasteiger partial charge in [0.1, 0.15) is 5.75 Å². The zero-order valence-corrected chi connectivity index (χ0v) is 12.8. The first-order chi connectivity index (χ1) is 10.0. The summed E-state index contributed by atoms with van der Waals surface area (Å²) in [6, 6.07) is 4.92. The molecule has 0 aliphatic carbocycles. The van der Waals surface area contributed by atoms with Crippen LogP contribution in [-0.2, 0) is 25.9 Å². The van der Waals surface area contributed by atoms with Gasteiger partial charge < -0.3 is 14.2 Å². The molecular formula is C14H19NO5S. The molecule has 0 N–H and O–H groups in total. The van der Waals surface area contributed by atoms with Crippen LogP contribution in [0.4, 0.5) is 0 Å². The van der Waals surface area contributed by atoms with E-state index in [1.54, 1.807) is 18.2 Å². The van der Waals surface area contributed by atoms with Gasteiger partial charge in [-0.15, -0.1) is 0 Å². The van der Waals surface area contributed by atoms with Crippen molar-refractivity contribution >= 4 is 9.84 Å². The fraction of sp³-hybridized carbons (Fsp3) is 0.571. The summed E-state index contributed by atoms with van der Waals surface area (Å²) in [5, 5.41) is 0. The third-order valence-electron chi connectivity index (χ3n) is 3.66. The van der Waals surface area contributed by atoms with Crippen molar-refractivity contribution in [3.8, 4) is 5.75 Å². The van der Waals surface area contributed by atoms with Crippen molar-refractivity contribution in [2.24, 2.45) is 0 Å². The lowest BCUT2D eigenvalue weighted by molar-refractivity contribution is -0.127. The van der Waals surface area contributed by atoms with E-state index in [0.717, 1.165) is 31.9 Å². The molecule has 0 saturated carbocycles. The molecule has 7 heteroatoms. The van der Waals surface area contributed by atoms with Crippen LogP contribution in [0.5, 0.6) is 5.75 Å². The maximum Gasteiger partial charge on any atom is 0.213 e. The summed E-state index contributed by atoms with van der Waals surface area (Å²) in [7, 11) is -3.23. The highest BCUT2D eigenvalue weighted by Gasteiger charge is 2.24. The monoisotopic (exact) mass is 313 g/mol. The molecule has 2 heterocycles. The Morgan fingerprint density at radius 3 is 2.76 bits per heavy atom. The predicted molar refractivity (Wildman–Crippen MR) is 76.0 cm³/mol. The number of hydrogen-bond acceptors (Lipinski definition) is 6. The van der Waals surface area contributed by atoms with Gasteiger partial charge in [0, 0.05) is 24.9 Å². The van der Waals surface area contributed by atoms with E-state index >= 15 is 0 Å². The summed E-state index contributed by atoms with van der Waals surface area (Å²) in [5.74, 6) is 0.599. The molecule has 116 valence electrons. The minimum absolute atomic E-state index is 0.272. The van der Waals surface area contributed by atoms with Crippen LogP contribution in [0.3, 0.4) is 0 Å². The lowest BCUT2D eigenvalue weighted by Gasteiger charge is -2.33. The maximum atomic E-state index is 11.6. The molecule has 1 aromatic carbocycles. The molecule has 2 aliphatic rings. The summed E-state index contributed by atoms with van der Waals surface area (Å²) in [6.07, 6.45) is 0.824. The second-order valence-corrected chi connectivity index (χ2v) is 7.33. The SMILES string of the molecule is CS(=O)(=O)c1ccc2c(c1)OC(CN1CCOCC1)OC2. The smallest absolute Gasteiger partial charge is 0.213 e. The highest BCUT2D eigenvalue weighted by molar-refractivity contribution is 7.90. The van der Waals surface area contributed by atoms with Crippen LogP contribution >= 0.6 is 0 Å². The number of ether oxygens (including phenoxy) is 3. The zero-order chi connectivity index (χ0) is 14.9. The highest BCUT2D eigenvalue weighted by Crippen LogP contribution is 2.29. The van der Waals surface area contributed by atoms with Crippen molar-refractivity contribution in [1.82, 2.24) is 4.90 Å². The Kier molecular flexibility index (Phi) is 4.17. The van der Waals surface area contributed by atoms with Crippen LogP contribution in [0.15, 0.2) is 23.1 Å². The minimum Gasteiger partial charge on any atom is -0.463 e. The van der Waals surface area contributed by atoms with Crippen molar-refractivity contribution in [2.75, 3.05) is 39.1 Å². The quantitative estimate of drug-likeness (QED) is 0.817. The van der Waals surface area contributed by atoms with Crippen molar-refractivity contribution in [1.29, 1.82) is 0 Å². The first-order valence-electron chi connectivity index (χ1n) is 6.94. The number of fused-ring (bicyclic) bond motifs is 1. The Labute approximate surface area is 124 Å². The summed E-state index contributed by atoms with van der Waals surface area (Å²) in [4.78, 5) is 2.49. The molecule has 3 rings (SSSR count). The van der Waals surface area contributed by atoms with E-state index in [9.17, 15) is 8.42 Å². The largest absolute Gasteiger partial charge is 0.463 e. The summed E-state index contributed by atoms with van der Waals surface area (Å²) in [5.41, 5.74) is 0.876. The van der Waals surface area contributed by atoms with Crippen LogP contribution in [0, 0.1) is 0 Å². The molecule has 0 spiro atoms. The Balaban J connectivity index is 1.71. The van der Waals surface area contributed by atoms with Gasteiger partial charge in [-0.1, -0.05) is 6.07 Å². The van der Waals surface area contributed by atoms with Gasteiger partial charge in [0.05, 0.1) is 31.3 Å². The average molecular weight is 313 g/mol. The van der Waals surface area contributed by atoms with E-state index in [1.165, 1.54) is 6.26 Å². The summed E-state index contributed by atoms with van der Waals surface area (Å²) in [6.45, 7) is 4.27. The molecule has 1 fully saturated rings. The van der Waals surface area contributed by atoms with Gasteiger partial charge in [0.15, 0.2) is 9.84 Å². The fourth-order valence-corrected chi connectivity index (χ4v) is 3.07. The van der Waals surface area contributed by atoms with Gasteiger partial charge in [-0.2, -0.15) is 0 Å². The Morgan fingerprint density at radius 2 is 2.05 bits per heavy atom. The number of hydrogen-bond donors (Lipinski definition) is 0. The fourth-order valence-electron chi connectivity index (χ4n) is 2.44. The standard InChI is InChI=1S/C14H19NO5S/c1-21(16,17)12-3-2-11-10-19-14(20-13(11)8-12)9-15-4-6-18-7-5-15/h2-3,8,14H,4-7,9-10H2,1H3. The molecular weight excluding hydrogens is 294 g/mol. The first kappa shape index (κ1) is 14.8. The summed E-state index contributed by atoms with van der Waals surface area (Å²) >= 11 is 0. The second kappa shape index (κ2) is 5.92. The third kappa shape index (κ3) is 3.55. The number of nitrogens with zero attached hydrogens (tertiary/aromatic N) is 1. The van der Waals surface area contributed by atoms with Crippen molar-refractivity contribution in [2.45, 2.75) is 17.8 Å². The molecule has 0 bridgehead atoms. The molecule has 21 heavy (non-hydrogen) atoms. The lowest BCUT2D eigenvalue weighted by atomic mass is 10.2. The van der Waals surface area contributed by atoms with Crippen LogP contribution in [0.1, 0.15) is 5.56 Å². The Hall–Kier alpha value is -1.15. The molecule has 6 nitrogen and oxygen atoms in total.